The van der Waals surface area contributed by atoms with E-state index in [1.54, 1.807) is 18.3 Å². The zero-order valence-corrected chi connectivity index (χ0v) is 22.2. The van der Waals surface area contributed by atoms with Gasteiger partial charge in [-0.1, -0.05) is 6.42 Å². The highest BCUT2D eigenvalue weighted by molar-refractivity contribution is 6.07. The third-order valence-corrected chi connectivity index (χ3v) is 7.26. The lowest BCUT2D eigenvalue weighted by Crippen LogP contribution is -2.44. The first-order valence-corrected chi connectivity index (χ1v) is 13.0. The van der Waals surface area contributed by atoms with Gasteiger partial charge in [-0.2, -0.15) is 5.10 Å². The summed E-state index contributed by atoms with van der Waals surface area (Å²) in [7, 11) is 0. The number of anilines is 1. The van der Waals surface area contributed by atoms with Gasteiger partial charge >= 0.3 is 0 Å². The topological polar surface area (TPSA) is 80.9 Å². The zero-order valence-electron chi connectivity index (χ0n) is 22.2. The number of rotatable bonds is 4. The summed E-state index contributed by atoms with van der Waals surface area (Å²) in [5.41, 5.74) is 4.46. The molecule has 36 heavy (non-hydrogen) atoms. The van der Waals surface area contributed by atoms with Crippen LogP contribution in [0.3, 0.4) is 0 Å². The predicted octanol–water partition coefficient (Wildman–Crippen LogP) is 5.75. The van der Waals surface area contributed by atoms with E-state index < -0.39 is 0 Å². The van der Waals surface area contributed by atoms with Crippen LogP contribution < -0.4 is 5.32 Å². The molecule has 4 heterocycles. The third kappa shape index (κ3) is 4.50. The first-order chi connectivity index (χ1) is 17.1. The molecule has 3 aromatic heterocycles. The van der Waals surface area contributed by atoms with Gasteiger partial charge in [-0.3, -0.25) is 24.7 Å². The molecule has 0 unspecified atom stereocenters. The van der Waals surface area contributed by atoms with Crippen molar-refractivity contribution in [2.75, 3.05) is 18.4 Å². The number of amides is 1. The Bertz CT molecular complexity index is 1410. The Balaban J connectivity index is 1.67. The van der Waals surface area contributed by atoms with E-state index in [-0.39, 0.29) is 23.5 Å². The number of aromatic nitrogens is 5. The zero-order chi connectivity index (χ0) is 25.6. The Kier molecular flexibility index (Phi) is 6.32. The number of aryl methyl sites for hydroxylation is 1. The fraction of sp³-hybridized carbons (Fsp3) is 0.500. The predicted molar refractivity (Wildman–Crippen MR) is 145 cm³/mol. The first kappa shape index (κ1) is 24.4. The van der Waals surface area contributed by atoms with Gasteiger partial charge in [0, 0.05) is 47.0 Å². The van der Waals surface area contributed by atoms with Crippen LogP contribution in [-0.4, -0.2) is 53.8 Å². The standard InChI is InChI=1S/C28H37N7O/c1-18(2)35-24-11-10-23-25(22(24)16-30-35)34(21-9-7-8-14-33(17-21)28(4,5)6)27(31-23)32-26(36)20-12-13-29-19(3)15-20/h10-13,15-16,18,21H,7-9,14,17H2,1-6H3,(H,31,32,36)/t21-/m1/s1. The van der Waals surface area contributed by atoms with Crippen molar-refractivity contribution in [3.63, 3.8) is 0 Å². The Morgan fingerprint density at radius 1 is 1.17 bits per heavy atom. The molecule has 1 atom stereocenters. The molecule has 4 aromatic rings. The van der Waals surface area contributed by atoms with Crippen molar-refractivity contribution in [1.29, 1.82) is 0 Å². The molecule has 0 aliphatic carbocycles. The van der Waals surface area contributed by atoms with E-state index in [0.717, 1.165) is 53.6 Å². The van der Waals surface area contributed by atoms with Gasteiger partial charge in [-0.05, 0) is 85.2 Å². The molecular weight excluding hydrogens is 450 g/mol. The van der Waals surface area contributed by atoms with Crippen molar-refractivity contribution in [3.8, 4) is 0 Å². The lowest BCUT2D eigenvalue weighted by Gasteiger charge is -2.37. The van der Waals surface area contributed by atoms with Gasteiger partial charge in [-0.15, -0.1) is 0 Å². The van der Waals surface area contributed by atoms with Crippen LogP contribution in [0.5, 0.6) is 0 Å². The average molecular weight is 488 g/mol. The SMILES string of the molecule is Cc1cc(C(=O)Nc2nc3ccc4c(cnn4C(C)C)c3n2[C@@H]2CCCCN(C(C)(C)C)C2)ccn1. The molecule has 0 bridgehead atoms. The summed E-state index contributed by atoms with van der Waals surface area (Å²) in [6, 6.07) is 8.12. The number of likely N-dealkylation sites (tertiary alicyclic amines) is 1. The summed E-state index contributed by atoms with van der Waals surface area (Å²) in [5, 5.41) is 8.92. The molecule has 1 aromatic carbocycles. The number of imidazole rings is 1. The fourth-order valence-electron chi connectivity index (χ4n) is 5.37. The molecule has 0 radical (unpaired) electrons. The smallest absolute Gasteiger partial charge is 0.258 e. The maximum Gasteiger partial charge on any atom is 0.258 e. The van der Waals surface area contributed by atoms with Crippen LogP contribution in [0.15, 0.2) is 36.7 Å². The summed E-state index contributed by atoms with van der Waals surface area (Å²) >= 11 is 0. The lowest BCUT2D eigenvalue weighted by molar-refractivity contribution is 0.102. The number of carbonyl (C=O) groups excluding carboxylic acids is 1. The monoisotopic (exact) mass is 487 g/mol. The highest BCUT2D eigenvalue weighted by Crippen LogP contribution is 2.36. The van der Waals surface area contributed by atoms with Crippen LogP contribution in [0.2, 0.25) is 0 Å². The van der Waals surface area contributed by atoms with E-state index in [1.807, 2.05) is 13.1 Å². The van der Waals surface area contributed by atoms with Gasteiger partial charge in [-0.25, -0.2) is 4.98 Å². The summed E-state index contributed by atoms with van der Waals surface area (Å²) in [4.78, 5) is 25.1. The molecule has 1 saturated heterocycles. The molecule has 0 saturated carbocycles. The summed E-state index contributed by atoms with van der Waals surface area (Å²) in [5.74, 6) is 0.419. The number of hydrogen-bond donors (Lipinski definition) is 1. The molecule has 1 fully saturated rings. The molecule has 8 heteroatoms. The number of nitrogens with zero attached hydrogens (tertiary/aromatic N) is 6. The van der Waals surface area contributed by atoms with Gasteiger partial charge in [0.2, 0.25) is 5.95 Å². The molecule has 1 aliphatic rings. The van der Waals surface area contributed by atoms with Crippen molar-refractivity contribution < 1.29 is 4.79 Å². The van der Waals surface area contributed by atoms with Crippen LogP contribution in [0.25, 0.3) is 21.9 Å². The van der Waals surface area contributed by atoms with E-state index in [1.165, 1.54) is 6.42 Å². The summed E-state index contributed by atoms with van der Waals surface area (Å²) < 4.78 is 4.33. The maximum absolute atomic E-state index is 13.3. The van der Waals surface area contributed by atoms with E-state index in [4.69, 9.17) is 10.1 Å². The summed E-state index contributed by atoms with van der Waals surface area (Å²) in [6.45, 7) is 15.0. The van der Waals surface area contributed by atoms with Crippen molar-refractivity contribution >= 4 is 33.8 Å². The largest absolute Gasteiger partial charge is 0.305 e. The number of fused-ring (bicyclic) bond motifs is 3. The van der Waals surface area contributed by atoms with E-state index >= 15 is 0 Å². The number of benzene rings is 1. The third-order valence-electron chi connectivity index (χ3n) is 7.26. The van der Waals surface area contributed by atoms with Crippen LogP contribution >= 0.6 is 0 Å². The van der Waals surface area contributed by atoms with Crippen molar-refractivity contribution in [1.82, 2.24) is 29.2 Å². The normalized spacial score (nSPS) is 17.7. The van der Waals surface area contributed by atoms with Crippen molar-refractivity contribution in [3.05, 3.63) is 47.9 Å². The number of carbonyl (C=O) groups is 1. The number of hydrogen-bond acceptors (Lipinski definition) is 5. The molecule has 1 N–H and O–H groups in total. The molecule has 5 rings (SSSR count). The van der Waals surface area contributed by atoms with Crippen LogP contribution in [0, 0.1) is 6.92 Å². The highest BCUT2D eigenvalue weighted by atomic mass is 16.1. The van der Waals surface area contributed by atoms with Gasteiger partial charge in [0.25, 0.3) is 5.91 Å². The van der Waals surface area contributed by atoms with Crippen molar-refractivity contribution in [2.24, 2.45) is 0 Å². The Labute approximate surface area is 212 Å². The molecular formula is C28H37N7O. The molecule has 190 valence electrons. The number of nitrogens with one attached hydrogen (secondary N) is 1. The second-order valence-corrected chi connectivity index (χ2v) is 11.3. The minimum Gasteiger partial charge on any atom is -0.305 e. The Hall–Kier alpha value is -3.26. The quantitative estimate of drug-likeness (QED) is 0.396. The molecule has 1 aliphatic heterocycles. The Morgan fingerprint density at radius 3 is 2.69 bits per heavy atom. The highest BCUT2D eigenvalue weighted by Gasteiger charge is 2.30. The first-order valence-electron chi connectivity index (χ1n) is 13.0. The molecule has 1 amide bonds. The van der Waals surface area contributed by atoms with E-state index in [0.29, 0.717) is 11.5 Å². The van der Waals surface area contributed by atoms with Gasteiger partial charge < -0.3 is 4.57 Å². The van der Waals surface area contributed by atoms with Gasteiger partial charge in [0.05, 0.1) is 22.7 Å². The van der Waals surface area contributed by atoms with Crippen molar-refractivity contribution in [2.45, 2.75) is 78.4 Å². The molecule has 8 nitrogen and oxygen atoms in total. The minimum atomic E-state index is -0.174. The van der Waals surface area contributed by atoms with Crippen LogP contribution in [0.1, 0.15) is 82.0 Å². The van der Waals surface area contributed by atoms with Gasteiger partial charge in [0.1, 0.15) is 0 Å². The lowest BCUT2D eigenvalue weighted by atomic mass is 10.0. The maximum atomic E-state index is 13.3. The fourth-order valence-corrected chi connectivity index (χ4v) is 5.37. The second-order valence-electron chi connectivity index (χ2n) is 11.3. The summed E-state index contributed by atoms with van der Waals surface area (Å²) in [6.07, 6.45) is 6.95. The second kappa shape index (κ2) is 9.32. The average Bonchev–Trinajstić information content (AvgIpc) is 3.31. The number of pyridine rings is 1. The van der Waals surface area contributed by atoms with Gasteiger partial charge in [0.15, 0.2) is 0 Å². The van der Waals surface area contributed by atoms with E-state index in [9.17, 15) is 4.79 Å². The van der Waals surface area contributed by atoms with E-state index in [2.05, 4.69) is 71.2 Å². The van der Waals surface area contributed by atoms with Crippen LogP contribution in [0.4, 0.5) is 5.95 Å². The minimum absolute atomic E-state index is 0.0643. The molecule has 0 spiro atoms. The Morgan fingerprint density at radius 2 is 1.97 bits per heavy atom. The van der Waals surface area contributed by atoms with Crippen LogP contribution in [-0.2, 0) is 0 Å².